The van der Waals surface area contributed by atoms with Crippen molar-refractivity contribution in [3.05, 3.63) is 0 Å². The summed E-state index contributed by atoms with van der Waals surface area (Å²) in [5, 5.41) is 12.3. The number of likely N-dealkylation sites (tertiary alicyclic amines) is 1. The van der Waals surface area contributed by atoms with Crippen molar-refractivity contribution in [3.8, 4) is 0 Å². The number of hydrogen-bond acceptors (Lipinski definition) is 3. The zero-order valence-electron chi connectivity index (χ0n) is 10.7. The predicted molar refractivity (Wildman–Crippen MR) is 66.6 cm³/mol. The second-order valence-corrected chi connectivity index (χ2v) is 5.76. The molecule has 2 fully saturated rings. The number of amides is 1. The van der Waals surface area contributed by atoms with Gasteiger partial charge in [-0.15, -0.1) is 0 Å². The highest BCUT2D eigenvalue weighted by molar-refractivity contribution is 5.83. The molecule has 4 nitrogen and oxygen atoms in total. The molecule has 98 valence electrons. The van der Waals surface area contributed by atoms with Crippen LogP contribution in [0.2, 0.25) is 0 Å². The van der Waals surface area contributed by atoms with Gasteiger partial charge in [-0.3, -0.25) is 4.79 Å². The molecule has 4 heteroatoms. The van der Waals surface area contributed by atoms with Crippen molar-refractivity contribution >= 4 is 5.91 Å². The zero-order chi connectivity index (χ0) is 12.3. The molecule has 0 spiro atoms. The molecule has 0 aromatic rings. The van der Waals surface area contributed by atoms with E-state index in [9.17, 15) is 4.79 Å². The molecule has 0 aromatic heterocycles. The Morgan fingerprint density at radius 1 is 1.59 bits per heavy atom. The highest BCUT2D eigenvalue weighted by atomic mass is 16.3. The van der Waals surface area contributed by atoms with Crippen molar-refractivity contribution in [2.24, 2.45) is 11.3 Å². The van der Waals surface area contributed by atoms with Gasteiger partial charge in [-0.25, -0.2) is 0 Å². The Morgan fingerprint density at radius 2 is 2.41 bits per heavy atom. The summed E-state index contributed by atoms with van der Waals surface area (Å²) in [4.78, 5) is 14.5. The maximum absolute atomic E-state index is 12.5. The van der Waals surface area contributed by atoms with Gasteiger partial charge in [-0.2, -0.15) is 0 Å². The predicted octanol–water partition coefficient (Wildman–Crippen LogP) is 0.607. The summed E-state index contributed by atoms with van der Waals surface area (Å²) in [6.45, 7) is 5.89. The van der Waals surface area contributed by atoms with Gasteiger partial charge in [0.2, 0.25) is 5.91 Å². The molecule has 2 saturated heterocycles. The summed E-state index contributed by atoms with van der Waals surface area (Å²) in [5.41, 5.74) is -0.202. The molecular formula is C13H24N2O2. The minimum Gasteiger partial charge on any atom is -0.396 e. The van der Waals surface area contributed by atoms with Crippen molar-refractivity contribution in [3.63, 3.8) is 0 Å². The molecule has 2 aliphatic heterocycles. The maximum atomic E-state index is 12.5. The Morgan fingerprint density at radius 3 is 3.06 bits per heavy atom. The van der Waals surface area contributed by atoms with Crippen molar-refractivity contribution in [1.82, 2.24) is 10.2 Å². The Kier molecular flexibility index (Phi) is 4.05. The number of carbonyl (C=O) groups is 1. The van der Waals surface area contributed by atoms with E-state index in [4.69, 9.17) is 5.11 Å². The highest BCUT2D eigenvalue weighted by Gasteiger charge is 2.39. The van der Waals surface area contributed by atoms with Crippen molar-refractivity contribution in [2.75, 3.05) is 32.8 Å². The van der Waals surface area contributed by atoms with Gasteiger partial charge in [0.05, 0.1) is 5.41 Å². The van der Waals surface area contributed by atoms with Crippen LogP contribution in [-0.4, -0.2) is 48.7 Å². The molecule has 1 amide bonds. The molecule has 2 rings (SSSR count). The first kappa shape index (κ1) is 12.8. The molecule has 2 aliphatic rings. The van der Waals surface area contributed by atoms with E-state index in [2.05, 4.69) is 12.2 Å². The number of rotatable bonds is 3. The van der Waals surface area contributed by atoms with Crippen LogP contribution in [0.5, 0.6) is 0 Å². The van der Waals surface area contributed by atoms with Crippen LogP contribution >= 0.6 is 0 Å². The lowest BCUT2D eigenvalue weighted by Crippen LogP contribution is -2.49. The first-order valence-electron chi connectivity index (χ1n) is 6.77. The van der Waals surface area contributed by atoms with Gasteiger partial charge in [-0.1, -0.05) is 0 Å². The normalized spacial score (nSPS) is 34.0. The van der Waals surface area contributed by atoms with Gasteiger partial charge in [-0.05, 0) is 45.1 Å². The third-order valence-corrected chi connectivity index (χ3v) is 4.22. The molecule has 0 saturated carbocycles. The van der Waals surface area contributed by atoms with Gasteiger partial charge in [0, 0.05) is 26.2 Å². The van der Waals surface area contributed by atoms with E-state index in [0.29, 0.717) is 11.8 Å². The molecule has 2 unspecified atom stereocenters. The summed E-state index contributed by atoms with van der Waals surface area (Å²) < 4.78 is 0. The Labute approximate surface area is 103 Å². The topological polar surface area (TPSA) is 52.6 Å². The highest BCUT2D eigenvalue weighted by Crippen LogP contribution is 2.31. The van der Waals surface area contributed by atoms with Gasteiger partial charge in [0.1, 0.15) is 0 Å². The monoisotopic (exact) mass is 240 g/mol. The lowest BCUT2D eigenvalue weighted by molar-refractivity contribution is -0.141. The molecule has 0 aromatic carbocycles. The van der Waals surface area contributed by atoms with E-state index >= 15 is 0 Å². The first-order valence-corrected chi connectivity index (χ1v) is 6.77. The summed E-state index contributed by atoms with van der Waals surface area (Å²) in [6, 6.07) is 0. The minimum atomic E-state index is -0.202. The van der Waals surface area contributed by atoms with Crippen molar-refractivity contribution in [1.29, 1.82) is 0 Å². The smallest absolute Gasteiger partial charge is 0.229 e. The van der Waals surface area contributed by atoms with E-state index in [1.54, 1.807) is 0 Å². The van der Waals surface area contributed by atoms with E-state index in [1.807, 2.05) is 4.90 Å². The minimum absolute atomic E-state index is 0.202. The summed E-state index contributed by atoms with van der Waals surface area (Å²) in [7, 11) is 0. The van der Waals surface area contributed by atoms with Crippen LogP contribution < -0.4 is 5.32 Å². The van der Waals surface area contributed by atoms with E-state index in [-0.39, 0.29) is 12.0 Å². The number of aliphatic hydroxyl groups is 1. The average molecular weight is 240 g/mol. The Balaban J connectivity index is 1.91. The number of piperidine rings is 1. The van der Waals surface area contributed by atoms with E-state index in [0.717, 1.165) is 51.9 Å². The van der Waals surface area contributed by atoms with Crippen LogP contribution in [0.3, 0.4) is 0 Å². The number of nitrogens with one attached hydrogen (secondary N) is 1. The second kappa shape index (κ2) is 5.36. The van der Waals surface area contributed by atoms with Gasteiger partial charge in [0.15, 0.2) is 0 Å². The fourth-order valence-corrected chi connectivity index (χ4v) is 3.06. The van der Waals surface area contributed by atoms with Gasteiger partial charge >= 0.3 is 0 Å². The van der Waals surface area contributed by atoms with Crippen LogP contribution in [0.15, 0.2) is 0 Å². The SMILES string of the molecule is CC1(C(=O)N2CCC(CCO)C2)CCCNC1. The Bertz CT molecular complexity index is 275. The third-order valence-electron chi connectivity index (χ3n) is 4.22. The van der Waals surface area contributed by atoms with Crippen LogP contribution in [0.25, 0.3) is 0 Å². The number of nitrogens with zero attached hydrogens (tertiary/aromatic N) is 1. The zero-order valence-corrected chi connectivity index (χ0v) is 10.7. The molecule has 17 heavy (non-hydrogen) atoms. The van der Waals surface area contributed by atoms with Crippen molar-refractivity contribution < 1.29 is 9.90 Å². The molecule has 0 aliphatic carbocycles. The number of aliphatic hydroxyl groups excluding tert-OH is 1. The molecule has 0 radical (unpaired) electrons. The molecule has 2 N–H and O–H groups in total. The second-order valence-electron chi connectivity index (χ2n) is 5.76. The summed E-state index contributed by atoms with van der Waals surface area (Å²) >= 11 is 0. The standard InChI is InChI=1S/C13H24N2O2/c1-13(5-2-6-14-10-13)12(17)15-7-3-11(9-15)4-8-16/h11,14,16H,2-10H2,1H3. The summed E-state index contributed by atoms with van der Waals surface area (Å²) in [6.07, 6.45) is 3.98. The molecular weight excluding hydrogens is 216 g/mol. The lowest BCUT2D eigenvalue weighted by atomic mass is 9.81. The summed E-state index contributed by atoms with van der Waals surface area (Å²) in [5.74, 6) is 0.814. The largest absolute Gasteiger partial charge is 0.396 e. The average Bonchev–Trinajstić information content (AvgIpc) is 2.78. The first-order chi connectivity index (χ1) is 8.15. The van der Waals surface area contributed by atoms with Gasteiger partial charge < -0.3 is 15.3 Å². The van der Waals surface area contributed by atoms with Crippen LogP contribution in [0, 0.1) is 11.3 Å². The maximum Gasteiger partial charge on any atom is 0.229 e. The molecule has 2 heterocycles. The fraction of sp³-hybridized carbons (Fsp3) is 0.923. The van der Waals surface area contributed by atoms with Crippen LogP contribution in [0.1, 0.15) is 32.6 Å². The van der Waals surface area contributed by atoms with Crippen molar-refractivity contribution in [2.45, 2.75) is 32.6 Å². The molecule has 2 atom stereocenters. The Hall–Kier alpha value is -0.610. The van der Waals surface area contributed by atoms with Crippen LogP contribution in [0.4, 0.5) is 0 Å². The quantitative estimate of drug-likeness (QED) is 0.760. The third kappa shape index (κ3) is 2.80. The van der Waals surface area contributed by atoms with E-state index in [1.165, 1.54) is 0 Å². The molecule has 0 bridgehead atoms. The van der Waals surface area contributed by atoms with E-state index < -0.39 is 0 Å². The van der Waals surface area contributed by atoms with Crippen LogP contribution in [-0.2, 0) is 4.79 Å². The fourth-order valence-electron chi connectivity index (χ4n) is 3.06. The van der Waals surface area contributed by atoms with Gasteiger partial charge in [0.25, 0.3) is 0 Å². The number of carbonyl (C=O) groups excluding carboxylic acids is 1. The lowest BCUT2D eigenvalue weighted by Gasteiger charge is -2.36. The number of hydrogen-bond donors (Lipinski definition) is 2.